The summed E-state index contributed by atoms with van der Waals surface area (Å²) in [6.45, 7) is 6.71. The van der Waals surface area contributed by atoms with Crippen LogP contribution >= 0.6 is 0 Å². The molecule has 4 heterocycles. The number of hydrogen-bond donors (Lipinski definition) is 1. The molecular formula is C22H25N5O2. The van der Waals surface area contributed by atoms with Crippen LogP contribution in [0.2, 0.25) is 0 Å². The van der Waals surface area contributed by atoms with E-state index in [9.17, 15) is 4.79 Å². The fourth-order valence-corrected chi connectivity index (χ4v) is 4.70. The van der Waals surface area contributed by atoms with Gasteiger partial charge in [-0.2, -0.15) is 5.10 Å². The van der Waals surface area contributed by atoms with Crippen LogP contribution in [0.15, 0.2) is 30.5 Å². The van der Waals surface area contributed by atoms with Crippen LogP contribution in [0, 0.1) is 19.8 Å². The average Bonchev–Trinajstić information content (AvgIpc) is 3.33. The van der Waals surface area contributed by atoms with Crippen molar-refractivity contribution in [2.45, 2.75) is 32.9 Å². The van der Waals surface area contributed by atoms with E-state index in [0.29, 0.717) is 18.4 Å². The van der Waals surface area contributed by atoms with E-state index in [1.807, 2.05) is 23.7 Å². The smallest absolute Gasteiger partial charge is 0.220 e. The molecule has 1 N–H and O–H groups in total. The van der Waals surface area contributed by atoms with Gasteiger partial charge in [0.25, 0.3) is 0 Å². The zero-order chi connectivity index (χ0) is 20.1. The fraction of sp³-hybridized carbons (Fsp3) is 0.409. The van der Waals surface area contributed by atoms with Gasteiger partial charge in [0.2, 0.25) is 5.91 Å². The molecule has 29 heavy (non-hydrogen) atoms. The predicted octanol–water partition coefficient (Wildman–Crippen LogP) is 2.34. The Labute approximate surface area is 169 Å². The normalized spacial score (nSPS) is 21.6. The number of rotatable bonds is 4. The maximum absolute atomic E-state index is 11.6. The van der Waals surface area contributed by atoms with Crippen molar-refractivity contribution in [3.05, 3.63) is 47.4 Å². The molecule has 1 aromatic carbocycles. The molecular weight excluding hydrogens is 366 g/mol. The minimum atomic E-state index is 0.195. The highest BCUT2D eigenvalue weighted by Gasteiger charge is 2.39. The Morgan fingerprint density at radius 1 is 1.24 bits per heavy atom. The third-order valence-corrected chi connectivity index (χ3v) is 6.01. The first-order valence-corrected chi connectivity index (χ1v) is 10.0. The van der Waals surface area contributed by atoms with Crippen LogP contribution in [-0.2, 0) is 11.3 Å². The Balaban J connectivity index is 1.45. The number of carbonyl (C=O) groups is 1. The van der Waals surface area contributed by atoms with E-state index in [4.69, 9.17) is 4.74 Å². The van der Waals surface area contributed by atoms with Crippen LogP contribution in [0.1, 0.15) is 23.4 Å². The van der Waals surface area contributed by atoms with E-state index < -0.39 is 0 Å². The SMILES string of the molecule is COc1ccc(CN2C[C@@H]3CC(=O)N[C@@H]3C2)cc1-c1cc(C)c2nc(C)nn2c1. The van der Waals surface area contributed by atoms with Gasteiger partial charge < -0.3 is 10.1 Å². The van der Waals surface area contributed by atoms with E-state index >= 15 is 0 Å². The molecule has 2 aromatic heterocycles. The van der Waals surface area contributed by atoms with Gasteiger partial charge in [-0.15, -0.1) is 0 Å². The highest BCUT2D eigenvalue weighted by atomic mass is 16.5. The number of hydrogen-bond acceptors (Lipinski definition) is 5. The van der Waals surface area contributed by atoms with Gasteiger partial charge in [-0.05, 0) is 43.2 Å². The highest BCUT2D eigenvalue weighted by molar-refractivity contribution is 5.79. The monoisotopic (exact) mass is 391 g/mol. The topological polar surface area (TPSA) is 71.8 Å². The molecule has 2 saturated heterocycles. The quantitative estimate of drug-likeness (QED) is 0.739. The Morgan fingerprint density at radius 2 is 2.10 bits per heavy atom. The summed E-state index contributed by atoms with van der Waals surface area (Å²) in [5.74, 6) is 2.24. The second kappa shape index (κ2) is 6.84. The Hall–Kier alpha value is -2.93. The molecule has 0 unspecified atom stereocenters. The van der Waals surface area contributed by atoms with Crippen molar-refractivity contribution in [1.82, 2.24) is 24.8 Å². The number of carbonyl (C=O) groups excluding carboxylic acids is 1. The lowest BCUT2D eigenvalue weighted by Gasteiger charge is -2.18. The largest absolute Gasteiger partial charge is 0.496 e. The van der Waals surface area contributed by atoms with Gasteiger partial charge in [0, 0.05) is 55.3 Å². The molecule has 0 bridgehead atoms. The van der Waals surface area contributed by atoms with Crippen molar-refractivity contribution < 1.29 is 9.53 Å². The number of amides is 1. The number of aryl methyl sites for hydroxylation is 2. The molecule has 7 heteroatoms. The summed E-state index contributed by atoms with van der Waals surface area (Å²) in [4.78, 5) is 18.5. The molecule has 0 aliphatic carbocycles. The molecule has 0 spiro atoms. The van der Waals surface area contributed by atoms with Crippen LogP contribution in [0.4, 0.5) is 0 Å². The molecule has 1 amide bonds. The zero-order valence-electron chi connectivity index (χ0n) is 17.0. The molecule has 7 nitrogen and oxygen atoms in total. The molecule has 0 radical (unpaired) electrons. The van der Waals surface area contributed by atoms with Crippen molar-refractivity contribution >= 4 is 11.6 Å². The third kappa shape index (κ3) is 3.25. The van der Waals surface area contributed by atoms with E-state index in [2.05, 4.69) is 45.4 Å². The van der Waals surface area contributed by atoms with Crippen molar-refractivity contribution in [3.63, 3.8) is 0 Å². The number of fused-ring (bicyclic) bond motifs is 2. The fourth-order valence-electron chi connectivity index (χ4n) is 4.70. The number of aromatic nitrogens is 3. The number of nitrogens with zero attached hydrogens (tertiary/aromatic N) is 4. The summed E-state index contributed by atoms with van der Waals surface area (Å²) in [6.07, 6.45) is 2.67. The number of likely N-dealkylation sites (tertiary alicyclic amines) is 1. The third-order valence-electron chi connectivity index (χ3n) is 6.01. The molecule has 3 aromatic rings. The number of methoxy groups -OCH3 is 1. The maximum atomic E-state index is 11.6. The van der Waals surface area contributed by atoms with Gasteiger partial charge in [0.15, 0.2) is 5.65 Å². The Bertz CT molecular complexity index is 1090. The summed E-state index contributed by atoms with van der Waals surface area (Å²) < 4.78 is 7.49. The highest BCUT2D eigenvalue weighted by Crippen LogP contribution is 2.33. The van der Waals surface area contributed by atoms with Crippen LogP contribution < -0.4 is 10.1 Å². The molecule has 2 aliphatic rings. The molecule has 150 valence electrons. The van der Waals surface area contributed by atoms with Crippen molar-refractivity contribution in [2.24, 2.45) is 5.92 Å². The number of pyridine rings is 1. The minimum absolute atomic E-state index is 0.195. The molecule has 0 saturated carbocycles. The van der Waals surface area contributed by atoms with E-state index in [0.717, 1.165) is 53.5 Å². The van der Waals surface area contributed by atoms with Gasteiger partial charge in [-0.25, -0.2) is 9.50 Å². The van der Waals surface area contributed by atoms with Gasteiger partial charge in [-0.3, -0.25) is 9.69 Å². The van der Waals surface area contributed by atoms with Gasteiger partial charge in [0.1, 0.15) is 11.6 Å². The number of ether oxygens (including phenoxy) is 1. The summed E-state index contributed by atoms with van der Waals surface area (Å²) in [6, 6.07) is 8.81. The predicted molar refractivity (Wildman–Crippen MR) is 110 cm³/mol. The van der Waals surface area contributed by atoms with Gasteiger partial charge >= 0.3 is 0 Å². The van der Waals surface area contributed by atoms with Crippen LogP contribution in [0.3, 0.4) is 0 Å². The van der Waals surface area contributed by atoms with Crippen LogP contribution in [0.25, 0.3) is 16.8 Å². The second-order valence-electron chi connectivity index (χ2n) is 8.21. The number of benzene rings is 1. The molecule has 5 rings (SSSR count). The zero-order valence-corrected chi connectivity index (χ0v) is 17.0. The molecule has 2 fully saturated rings. The lowest BCUT2D eigenvalue weighted by molar-refractivity contribution is -0.119. The van der Waals surface area contributed by atoms with Gasteiger partial charge in [0.05, 0.1) is 7.11 Å². The summed E-state index contributed by atoms with van der Waals surface area (Å²) in [7, 11) is 1.70. The summed E-state index contributed by atoms with van der Waals surface area (Å²) in [5, 5.41) is 7.58. The standard InChI is InChI=1S/C22H25N5O2/c1-13-6-16(11-27-22(13)23-14(2)25-27)18-7-15(4-5-20(18)29-3)9-26-10-17-8-21(28)24-19(17)12-26/h4-7,11,17,19H,8-10,12H2,1-3H3,(H,24,28)/t17-,19+/m0/s1. The maximum Gasteiger partial charge on any atom is 0.220 e. The van der Waals surface area contributed by atoms with Crippen molar-refractivity contribution in [1.29, 1.82) is 0 Å². The number of nitrogens with one attached hydrogen (secondary N) is 1. The Morgan fingerprint density at radius 3 is 2.90 bits per heavy atom. The summed E-state index contributed by atoms with van der Waals surface area (Å²) >= 11 is 0. The van der Waals surface area contributed by atoms with E-state index in [-0.39, 0.29) is 5.91 Å². The Kier molecular flexibility index (Phi) is 4.28. The average molecular weight is 391 g/mol. The van der Waals surface area contributed by atoms with E-state index in [1.54, 1.807) is 7.11 Å². The van der Waals surface area contributed by atoms with Crippen molar-refractivity contribution in [2.75, 3.05) is 20.2 Å². The van der Waals surface area contributed by atoms with Gasteiger partial charge in [-0.1, -0.05) is 6.07 Å². The second-order valence-corrected chi connectivity index (χ2v) is 8.21. The first kappa shape index (κ1) is 18.1. The van der Waals surface area contributed by atoms with E-state index in [1.165, 1.54) is 5.56 Å². The lowest BCUT2D eigenvalue weighted by Crippen LogP contribution is -2.32. The van der Waals surface area contributed by atoms with Crippen LogP contribution in [-0.4, -0.2) is 51.6 Å². The lowest BCUT2D eigenvalue weighted by atomic mass is 10.0. The van der Waals surface area contributed by atoms with Crippen molar-refractivity contribution in [3.8, 4) is 16.9 Å². The first-order chi connectivity index (χ1) is 14.0. The summed E-state index contributed by atoms with van der Waals surface area (Å²) in [5.41, 5.74) is 5.31. The first-order valence-electron chi connectivity index (χ1n) is 10.0. The molecule has 2 atom stereocenters. The molecule has 2 aliphatic heterocycles. The minimum Gasteiger partial charge on any atom is -0.496 e. The van der Waals surface area contributed by atoms with Crippen LogP contribution in [0.5, 0.6) is 5.75 Å².